The molecule has 31 heavy (non-hydrogen) atoms. The summed E-state index contributed by atoms with van der Waals surface area (Å²) in [5.74, 6) is -2.11. The van der Waals surface area contributed by atoms with Crippen molar-refractivity contribution in [3.8, 4) is 11.4 Å². The molecule has 0 radical (unpaired) electrons. The number of amides is 2. The molecule has 0 spiro atoms. The van der Waals surface area contributed by atoms with E-state index in [0.29, 0.717) is 22.4 Å². The maximum Gasteiger partial charge on any atom is 0.232 e. The van der Waals surface area contributed by atoms with Crippen molar-refractivity contribution in [2.45, 2.75) is 12.3 Å². The van der Waals surface area contributed by atoms with Crippen LogP contribution in [0.25, 0.3) is 22.4 Å². The molecule has 0 saturated carbocycles. The van der Waals surface area contributed by atoms with Gasteiger partial charge in [0.2, 0.25) is 11.8 Å². The molecule has 0 unspecified atom stereocenters. The highest BCUT2D eigenvalue weighted by Gasteiger charge is 2.30. The molecule has 3 aromatic carbocycles. The van der Waals surface area contributed by atoms with Crippen LogP contribution in [0, 0.1) is 11.6 Å². The van der Waals surface area contributed by atoms with Crippen molar-refractivity contribution in [1.82, 2.24) is 9.97 Å². The number of H-pyrrole nitrogens is 1. The van der Waals surface area contributed by atoms with Gasteiger partial charge in [-0.25, -0.2) is 13.8 Å². The molecule has 1 aliphatic heterocycles. The number of aromatic nitrogens is 2. The van der Waals surface area contributed by atoms with Gasteiger partial charge in [-0.3, -0.25) is 9.59 Å². The number of anilines is 2. The Morgan fingerprint density at radius 2 is 1.90 bits per heavy atom. The summed E-state index contributed by atoms with van der Waals surface area (Å²) in [6.45, 7) is 0. The first-order valence-corrected chi connectivity index (χ1v) is 9.63. The van der Waals surface area contributed by atoms with E-state index in [0.717, 1.165) is 23.8 Å². The highest BCUT2D eigenvalue weighted by atomic mass is 19.1. The smallest absolute Gasteiger partial charge is 0.232 e. The lowest BCUT2D eigenvalue weighted by Crippen LogP contribution is -2.30. The third-order valence-electron chi connectivity index (χ3n) is 5.25. The van der Waals surface area contributed by atoms with E-state index in [1.807, 2.05) is 12.1 Å². The minimum Gasteiger partial charge on any atom is -0.338 e. The van der Waals surface area contributed by atoms with Crippen molar-refractivity contribution in [3.05, 3.63) is 77.9 Å². The van der Waals surface area contributed by atoms with E-state index in [4.69, 9.17) is 0 Å². The zero-order valence-corrected chi connectivity index (χ0v) is 16.1. The molecule has 0 saturated heterocycles. The fourth-order valence-electron chi connectivity index (χ4n) is 3.77. The van der Waals surface area contributed by atoms with Gasteiger partial charge in [-0.05, 0) is 48.0 Å². The second kappa shape index (κ2) is 7.32. The van der Waals surface area contributed by atoms with Crippen LogP contribution in [0.5, 0.6) is 0 Å². The molecule has 2 amide bonds. The number of hydrogen-bond donors (Lipinski definition) is 3. The van der Waals surface area contributed by atoms with Crippen LogP contribution in [0.2, 0.25) is 0 Å². The first-order chi connectivity index (χ1) is 15.0. The molecule has 5 rings (SSSR count). The lowest BCUT2D eigenvalue weighted by Gasteiger charge is -2.24. The second-order valence-electron chi connectivity index (χ2n) is 7.32. The highest BCUT2D eigenvalue weighted by Crippen LogP contribution is 2.33. The van der Waals surface area contributed by atoms with Crippen molar-refractivity contribution in [1.29, 1.82) is 0 Å². The largest absolute Gasteiger partial charge is 0.338 e. The van der Waals surface area contributed by atoms with Crippen LogP contribution >= 0.6 is 0 Å². The molecule has 0 fully saturated rings. The number of fused-ring (bicyclic) bond motifs is 2. The number of halogens is 2. The maximum absolute atomic E-state index is 14.1. The Balaban J connectivity index is 1.43. The molecule has 0 aliphatic carbocycles. The Hall–Kier alpha value is -4.07. The standard InChI is InChI=1S/C23H16F2N4O2/c24-12-5-7-17(25)16(9-12)22-28-19-8-6-13(10-20(19)29-22)26-23(31)15-11-21(30)27-18-4-2-1-3-14(15)18/h1-10,15H,11H2,(H,26,31)(H,27,30)(H,28,29)/t15-/m1/s1. The highest BCUT2D eigenvalue weighted by molar-refractivity contribution is 6.05. The average molecular weight is 418 g/mol. The number of carbonyl (C=O) groups excluding carboxylic acids is 2. The summed E-state index contributed by atoms with van der Waals surface area (Å²) in [4.78, 5) is 32.2. The number of carbonyl (C=O) groups is 2. The van der Waals surface area contributed by atoms with Gasteiger partial charge in [0.05, 0.1) is 22.5 Å². The van der Waals surface area contributed by atoms with Gasteiger partial charge in [0.15, 0.2) is 0 Å². The minimum absolute atomic E-state index is 0.0200. The fraction of sp³-hybridized carbons (Fsp3) is 0.0870. The Kier molecular flexibility index (Phi) is 4.47. The summed E-state index contributed by atoms with van der Waals surface area (Å²) >= 11 is 0. The third kappa shape index (κ3) is 3.52. The third-order valence-corrected chi connectivity index (χ3v) is 5.25. The zero-order valence-electron chi connectivity index (χ0n) is 16.1. The lowest BCUT2D eigenvalue weighted by atomic mass is 9.90. The normalized spacial score (nSPS) is 15.4. The lowest BCUT2D eigenvalue weighted by molar-refractivity contribution is -0.123. The number of nitrogens with one attached hydrogen (secondary N) is 3. The zero-order chi connectivity index (χ0) is 21.5. The van der Waals surface area contributed by atoms with Crippen LogP contribution < -0.4 is 10.6 Å². The van der Waals surface area contributed by atoms with Crippen molar-refractivity contribution in [3.63, 3.8) is 0 Å². The summed E-state index contributed by atoms with van der Waals surface area (Å²) in [7, 11) is 0. The molecule has 1 atom stereocenters. The van der Waals surface area contributed by atoms with Crippen LogP contribution in [-0.2, 0) is 9.59 Å². The monoisotopic (exact) mass is 418 g/mol. The van der Waals surface area contributed by atoms with Gasteiger partial charge in [-0.2, -0.15) is 0 Å². The molecule has 1 aliphatic rings. The molecule has 154 valence electrons. The van der Waals surface area contributed by atoms with Crippen LogP contribution in [0.1, 0.15) is 17.9 Å². The summed E-state index contributed by atoms with van der Waals surface area (Å²) in [5, 5.41) is 5.60. The van der Waals surface area contributed by atoms with Gasteiger partial charge in [-0.1, -0.05) is 18.2 Å². The van der Waals surface area contributed by atoms with Gasteiger partial charge >= 0.3 is 0 Å². The number of nitrogens with zero attached hydrogens (tertiary/aromatic N) is 1. The summed E-state index contributed by atoms with van der Waals surface area (Å²) in [5.41, 5.74) is 3.00. The van der Waals surface area contributed by atoms with Gasteiger partial charge in [0.25, 0.3) is 0 Å². The predicted octanol–water partition coefficient (Wildman–Crippen LogP) is 4.57. The summed E-state index contributed by atoms with van der Waals surface area (Å²) in [6.07, 6.45) is 0.0537. The van der Waals surface area contributed by atoms with E-state index in [1.54, 1.807) is 30.3 Å². The van der Waals surface area contributed by atoms with Crippen LogP contribution in [-0.4, -0.2) is 21.8 Å². The Morgan fingerprint density at radius 3 is 2.77 bits per heavy atom. The number of para-hydroxylation sites is 1. The molecule has 6 nitrogen and oxygen atoms in total. The van der Waals surface area contributed by atoms with E-state index in [2.05, 4.69) is 20.6 Å². The summed E-state index contributed by atoms with van der Waals surface area (Å²) in [6, 6.07) is 15.3. The van der Waals surface area contributed by atoms with Gasteiger partial charge in [0, 0.05) is 17.8 Å². The minimum atomic E-state index is -0.612. The van der Waals surface area contributed by atoms with Crippen molar-refractivity contribution in [2.75, 3.05) is 10.6 Å². The molecule has 3 N–H and O–H groups in total. The van der Waals surface area contributed by atoms with Gasteiger partial charge in [-0.15, -0.1) is 0 Å². The fourth-order valence-corrected chi connectivity index (χ4v) is 3.77. The number of benzene rings is 3. The number of imidazole rings is 1. The Labute approximate surface area is 175 Å². The van der Waals surface area contributed by atoms with E-state index in [9.17, 15) is 18.4 Å². The van der Waals surface area contributed by atoms with E-state index < -0.39 is 17.6 Å². The van der Waals surface area contributed by atoms with Crippen LogP contribution in [0.3, 0.4) is 0 Å². The molecule has 1 aromatic heterocycles. The molecule has 4 aromatic rings. The van der Waals surface area contributed by atoms with Gasteiger partial charge in [0.1, 0.15) is 17.5 Å². The Morgan fingerprint density at radius 1 is 1.06 bits per heavy atom. The number of rotatable bonds is 3. The molecule has 0 bridgehead atoms. The average Bonchev–Trinajstić information content (AvgIpc) is 3.18. The number of hydrogen-bond acceptors (Lipinski definition) is 3. The number of aromatic amines is 1. The molecular formula is C23H16F2N4O2. The predicted molar refractivity (Wildman–Crippen MR) is 113 cm³/mol. The topological polar surface area (TPSA) is 86.9 Å². The maximum atomic E-state index is 14.1. The first kappa shape index (κ1) is 18.9. The van der Waals surface area contributed by atoms with E-state index in [1.165, 1.54) is 0 Å². The SMILES string of the molecule is O=C1C[C@@H](C(=O)Nc2ccc3nc(-c4cc(F)ccc4F)[nH]c3c2)c2ccccc2N1. The van der Waals surface area contributed by atoms with E-state index in [-0.39, 0.29) is 29.6 Å². The van der Waals surface area contributed by atoms with Crippen LogP contribution in [0.4, 0.5) is 20.2 Å². The van der Waals surface area contributed by atoms with Crippen LogP contribution in [0.15, 0.2) is 60.7 Å². The molecular weight excluding hydrogens is 402 g/mol. The van der Waals surface area contributed by atoms with Crippen molar-refractivity contribution >= 4 is 34.2 Å². The van der Waals surface area contributed by atoms with E-state index >= 15 is 0 Å². The van der Waals surface area contributed by atoms with Gasteiger partial charge < -0.3 is 15.6 Å². The van der Waals surface area contributed by atoms with Crippen molar-refractivity contribution in [2.24, 2.45) is 0 Å². The molecule has 8 heteroatoms. The first-order valence-electron chi connectivity index (χ1n) is 9.63. The Bertz CT molecular complexity index is 1350. The quantitative estimate of drug-likeness (QED) is 0.455. The second-order valence-corrected chi connectivity index (χ2v) is 7.32. The summed E-state index contributed by atoms with van der Waals surface area (Å²) < 4.78 is 27.6. The van der Waals surface area contributed by atoms with Crippen molar-refractivity contribution < 1.29 is 18.4 Å². The molecule has 2 heterocycles.